The van der Waals surface area contributed by atoms with E-state index in [0.29, 0.717) is 12.4 Å². The van der Waals surface area contributed by atoms with Crippen LogP contribution < -0.4 is 4.74 Å². The minimum Gasteiger partial charge on any atom is -0.494 e. The Hall–Kier alpha value is -1.56. The highest BCUT2D eigenvalue weighted by Gasteiger charge is 2.24. The first-order chi connectivity index (χ1) is 8.65. The Morgan fingerprint density at radius 3 is 2.33 bits per heavy atom. The van der Waals surface area contributed by atoms with Crippen molar-refractivity contribution in [1.29, 1.82) is 5.26 Å². The van der Waals surface area contributed by atoms with E-state index in [2.05, 4.69) is 6.07 Å². The van der Waals surface area contributed by atoms with Gasteiger partial charge < -0.3 is 4.74 Å². The smallest absolute Gasteiger partial charge is 0.123 e. The van der Waals surface area contributed by atoms with Crippen LogP contribution >= 0.6 is 0 Å². The maximum absolute atomic E-state index is 12.7. The zero-order chi connectivity index (χ0) is 13.4. The van der Waals surface area contributed by atoms with Crippen LogP contribution in [0.3, 0.4) is 0 Å². The molecule has 0 aliphatic rings. The van der Waals surface area contributed by atoms with Gasteiger partial charge in [0.05, 0.1) is 18.1 Å². The molecule has 0 aliphatic carbocycles. The second kappa shape index (κ2) is 7.00. The van der Waals surface area contributed by atoms with Gasteiger partial charge in [0.25, 0.3) is 0 Å². The van der Waals surface area contributed by atoms with Crippen molar-refractivity contribution in [3.8, 4) is 11.8 Å². The third kappa shape index (κ3) is 4.03. The number of hydrogen-bond acceptors (Lipinski definition) is 2. The molecule has 0 aliphatic heterocycles. The Balaban J connectivity index is 2.34. The lowest BCUT2D eigenvalue weighted by molar-refractivity contribution is 0.258. The van der Waals surface area contributed by atoms with Crippen LogP contribution in [0.15, 0.2) is 24.3 Å². The molecule has 0 heterocycles. The highest BCUT2D eigenvalue weighted by Crippen LogP contribution is 2.30. The van der Waals surface area contributed by atoms with Crippen LogP contribution in [0.5, 0.6) is 5.75 Å². The molecule has 1 rings (SSSR count). The summed E-state index contributed by atoms with van der Waals surface area (Å²) in [4.78, 5) is 0. The second-order valence-corrected chi connectivity index (χ2v) is 4.51. The third-order valence-electron chi connectivity index (χ3n) is 3.47. The molecule has 1 aromatic carbocycles. The molecule has 0 bridgehead atoms. The molecule has 0 amide bonds. The largest absolute Gasteiger partial charge is 0.494 e. The Kier molecular flexibility index (Phi) is 5.64. The van der Waals surface area contributed by atoms with Crippen molar-refractivity contribution in [3.05, 3.63) is 30.1 Å². The van der Waals surface area contributed by atoms with Crippen molar-refractivity contribution in [3.63, 3.8) is 0 Å². The molecule has 0 saturated carbocycles. The molecule has 0 unspecified atom stereocenters. The van der Waals surface area contributed by atoms with Gasteiger partial charge in [0, 0.05) is 0 Å². The normalized spacial score (nSPS) is 11.0. The van der Waals surface area contributed by atoms with E-state index >= 15 is 0 Å². The lowest BCUT2D eigenvalue weighted by Crippen LogP contribution is -2.17. The van der Waals surface area contributed by atoms with Gasteiger partial charge in [-0.15, -0.1) is 0 Å². The summed E-state index contributed by atoms with van der Waals surface area (Å²) in [6.45, 7) is 4.66. The number of nitriles is 1. The van der Waals surface area contributed by atoms with E-state index in [0.717, 1.165) is 25.7 Å². The minimum absolute atomic E-state index is 0.216. The van der Waals surface area contributed by atoms with Gasteiger partial charge in [-0.3, -0.25) is 0 Å². The van der Waals surface area contributed by atoms with Gasteiger partial charge in [-0.25, -0.2) is 4.39 Å². The molecule has 0 N–H and O–H groups in total. The summed E-state index contributed by atoms with van der Waals surface area (Å²) in [6.07, 6.45) is 3.43. The first-order valence-electron chi connectivity index (χ1n) is 6.45. The summed E-state index contributed by atoms with van der Waals surface area (Å²) in [5, 5.41) is 9.19. The van der Waals surface area contributed by atoms with E-state index in [1.807, 2.05) is 13.8 Å². The second-order valence-electron chi connectivity index (χ2n) is 4.51. The van der Waals surface area contributed by atoms with Crippen LogP contribution in [0.4, 0.5) is 4.39 Å². The van der Waals surface area contributed by atoms with Crippen molar-refractivity contribution in [2.75, 3.05) is 6.61 Å². The van der Waals surface area contributed by atoms with Crippen LogP contribution in [-0.2, 0) is 0 Å². The van der Waals surface area contributed by atoms with Gasteiger partial charge in [-0.2, -0.15) is 5.26 Å². The Morgan fingerprint density at radius 1 is 1.22 bits per heavy atom. The number of hydrogen-bond donors (Lipinski definition) is 0. The number of ether oxygens (including phenoxy) is 1. The molecule has 1 aromatic rings. The van der Waals surface area contributed by atoms with Crippen LogP contribution in [0.2, 0.25) is 0 Å². The van der Waals surface area contributed by atoms with Crippen LogP contribution in [0.1, 0.15) is 39.5 Å². The standard InChI is InChI=1S/C15H20FNO/c1-3-15(4-2,12-17)10-5-11-18-14-8-6-13(16)7-9-14/h6-9H,3-5,10-11H2,1-2H3. The highest BCUT2D eigenvalue weighted by atomic mass is 19.1. The maximum atomic E-state index is 12.7. The number of nitrogens with zero attached hydrogens (tertiary/aromatic N) is 1. The summed E-state index contributed by atoms with van der Waals surface area (Å²) in [7, 11) is 0. The van der Waals surface area contributed by atoms with Gasteiger partial charge in [0.15, 0.2) is 0 Å². The predicted molar refractivity (Wildman–Crippen MR) is 69.8 cm³/mol. The molecule has 98 valence electrons. The van der Waals surface area contributed by atoms with Gasteiger partial charge >= 0.3 is 0 Å². The molecular weight excluding hydrogens is 229 g/mol. The summed E-state index contributed by atoms with van der Waals surface area (Å²) in [5.41, 5.74) is -0.216. The highest BCUT2D eigenvalue weighted by molar-refractivity contribution is 5.21. The van der Waals surface area contributed by atoms with Gasteiger partial charge in [0.1, 0.15) is 11.6 Å². The third-order valence-corrected chi connectivity index (χ3v) is 3.47. The Morgan fingerprint density at radius 2 is 1.83 bits per heavy atom. The van der Waals surface area contributed by atoms with Crippen molar-refractivity contribution < 1.29 is 9.13 Å². The molecule has 0 saturated heterocycles. The first kappa shape index (κ1) is 14.5. The number of halogens is 1. The lowest BCUT2D eigenvalue weighted by Gasteiger charge is -2.22. The summed E-state index contributed by atoms with van der Waals surface area (Å²) >= 11 is 0. The number of rotatable bonds is 7. The lowest BCUT2D eigenvalue weighted by atomic mass is 9.80. The molecule has 0 atom stereocenters. The molecule has 0 spiro atoms. The Labute approximate surface area is 108 Å². The Bertz CT molecular complexity index is 390. The summed E-state index contributed by atoms with van der Waals surface area (Å²) in [5.74, 6) is 0.412. The predicted octanol–water partition coefficient (Wildman–Crippen LogP) is 4.31. The fraction of sp³-hybridized carbons (Fsp3) is 0.533. The van der Waals surface area contributed by atoms with Crippen LogP contribution in [0.25, 0.3) is 0 Å². The zero-order valence-electron chi connectivity index (χ0n) is 11.1. The van der Waals surface area contributed by atoms with Crippen molar-refractivity contribution in [2.24, 2.45) is 5.41 Å². The molecule has 18 heavy (non-hydrogen) atoms. The fourth-order valence-electron chi connectivity index (χ4n) is 1.95. The molecule has 2 nitrogen and oxygen atoms in total. The van der Waals surface area contributed by atoms with Crippen molar-refractivity contribution >= 4 is 0 Å². The number of benzene rings is 1. The van der Waals surface area contributed by atoms with E-state index in [9.17, 15) is 9.65 Å². The minimum atomic E-state index is -0.261. The summed E-state index contributed by atoms with van der Waals surface area (Å²) < 4.78 is 18.2. The topological polar surface area (TPSA) is 33.0 Å². The average Bonchev–Trinajstić information content (AvgIpc) is 2.42. The van der Waals surface area contributed by atoms with E-state index in [4.69, 9.17) is 4.74 Å². The van der Waals surface area contributed by atoms with Crippen molar-refractivity contribution in [1.82, 2.24) is 0 Å². The zero-order valence-corrected chi connectivity index (χ0v) is 11.1. The molecule has 0 radical (unpaired) electrons. The van der Waals surface area contributed by atoms with E-state index < -0.39 is 0 Å². The molecule has 0 fully saturated rings. The average molecular weight is 249 g/mol. The van der Waals surface area contributed by atoms with Crippen molar-refractivity contribution in [2.45, 2.75) is 39.5 Å². The first-order valence-corrected chi connectivity index (χ1v) is 6.45. The van der Waals surface area contributed by atoms with Gasteiger partial charge in [0.2, 0.25) is 0 Å². The maximum Gasteiger partial charge on any atom is 0.123 e. The molecule has 3 heteroatoms. The summed E-state index contributed by atoms with van der Waals surface area (Å²) in [6, 6.07) is 8.41. The van der Waals surface area contributed by atoms with Crippen LogP contribution in [-0.4, -0.2) is 6.61 Å². The monoisotopic (exact) mass is 249 g/mol. The van der Waals surface area contributed by atoms with Crippen LogP contribution in [0, 0.1) is 22.6 Å². The van der Waals surface area contributed by atoms with E-state index in [1.165, 1.54) is 12.1 Å². The fourth-order valence-corrected chi connectivity index (χ4v) is 1.95. The molecule has 0 aromatic heterocycles. The van der Waals surface area contributed by atoms with E-state index in [-0.39, 0.29) is 11.2 Å². The SMILES string of the molecule is CCC(C#N)(CC)CCCOc1ccc(F)cc1. The van der Waals surface area contributed by atoms with Gasteiger partial charge in [-0.05, 0) is 49.9 Å². The van der Waals surface area contributed by atoms with Gasteiger partial charge in [-0.1, -0.05) is 13.8 Å². The molecular formula is C15H20FNO. The quantitative estimate of drug-likeness (QED) is 0.674. The van der Waals surface area contributed by atoms with E-state index in [1.54, 1.807) is 12.1 Å².